The van der Waals surface area contributed by atoms with Gasteiger partial charge in [0.05, 0.1) is 36.4 Å². The van der Waals surface area contributed by atoms with Crippen LogP contribution in [0.5, 0.6) is 0 Å². The van der Waals surface area contributed by atoms with Crippen LogP contribution in [0, 0.1) is 0 Å². The highest BCUT2D eigenvalue weighted by Crippen LogP contribution is 2.38. The van der Waals surface area contributed by atoms with Gasteiger partial charge in [-0.1, -0.05) is 47.7 Å². The largest absolute Gasteiger partial charge is 0.377 e. The van der Waals surface area contributed by atoms with Crippen LogP contribution in [-0.4, -0.2) is 54.5 Å². The van der Waals surface area contributed by atoms with E-state index in [2.05, 4.69) is 75.4 Å². The molecule has 0 amide bonds. The zero-order valence-electron chi connectivity index (χ0n) is 19.1. The maximum atomic E-state index is 6.18. The van der Waals surface area contributed by atoms with Crippen molar-refractivity contribution < 1.29 is 9.47 Å². The molecule has 5 rings (SSSR count). The first kappa shape index (κ1) is 22.1. The van der Waals surface area contributed by atoms with Gasteiger partial charge in [-0.2, -0.15) is 0 Å². The number of fused-ring (bicyclic) bond motifs is 3. The molecule has 8 heteroatoms. The lowest BCUT2D eigenvalue weighted by Crippen LogP contribution is -2.46. The lowest BCUT2D eigenvalue weighted by molar-refractivity contribution is 0.0900. The Morgan fingerprint density at radius 2 is 1.81 bits per heavy atom. The van der Waals surface area contributed by atoms with Gasteiger partial charge in [0.25, 0.3) is 0 Å². The lowest BCUT2D eigenvalue weighted by Gasteiger charge is -2.35. The maximum Gasteiger partial charge on any atom is 0.147 e. The lowest BCUT2D eigenvalue weighted by atomic mass is 10.1. The minimum Gasteiger partial charge on any atom is -0.377 e. The molecule has 32 heavy (non-hydrogen) atoms. The average Bonchev–Trinajstić information content (AvgIpc) is 3.24. The van der Waals surface area contributed by atoms with Crippen LogP contribution in [0.25, 0.3) is 22.3 Å². The highest BCUT2D eigenvalue weighted by molar-refractivity contribution is 9.10. The molecule has 4 heterocycles. The summed E-state index contributed by atoms with van der Waals surface area (Å²) in [4.78, 5) is 12.0. The minimum atomic E-state index is -1.14. The van der Waals surface area contributed by atoms with E-state index in [1.807, 2.05) is 0 Å². The van der Waals surface area contributed by atoms with Gasteiger partial charge in [-0.3, -0.25) is 0 Å². The van der Waals surface area contributed by atoms with Crippen molar-refractivity contribution in [3.8, 4) is 11.3 Å². The van der Waals surface area contributed by atoms with Crippen molar-refractivity contribution in [1.82, 2.24) is 14.5 Å². The Morgan fingerprint density at radius 1 is 1.09 bits per heavy atom. The Bertz CT molecular complexity index is 1080. The summed E-state index contributed by atoms with van der Waals surface area (Å²) in [6, 6.07) is 12.6. The molecular formula is C24H31BrN4O2Si. The molecule has 6 nitrogen and oxygen atoms in total. The number of aromatic nitrogens is 3. The van der Waals surface area contributed by atoms with E-state index in [4.69, 9.17) is 19.4 Å². The minimum absolute atomic E-state index is 0.402. The van der Waals surface area contributed by atoms with Crippen molar-refractivity contribution in [2.75, 3.05) is 24.7 Å². The second-order valence-electron chi connectivity index (χ2n) is 10.1. The molecule has 0 radical (unpaired) electrons. The summed E-state index contributed by atoms with van der Waals surface area (Å²) in [5.74, 6) is 1.03. The standard InChI is InChI=1S/C24H31BrN4O2Si/c1-32(2,3)11-10-30-16-28-22(17-4-6-18(25)7-5-17)12-21-23(28)26-15-27-24(21)29-19-8-9-20(29)14-31-13-19/h4-7,12,15,19-20H,8-11,13-14,16H2,1-3H3/t19-,20+. The summed E-state index contributed by atoms with van der Waals surface area (Å²) in [6.07, 6.45) is 4.03. The van der Waals surface area contributed by atoms with Crippen LogP contribution in [-0.2, 0) is 16.2 Å². The van der Waals surface area contributed by atoms with Crippen LogP contribution >= 0.6 is 15.9 Å². The van der Waals surface area contributed by atoms with Crippen molar-refractivity contribution in [1.29, 1.82) is 0 Å². The molecule has 0 N–H and O–H groups in total. The number of morpholine rings is 1. The maximum absolute atomic E-state index is 6.18. The van der Waals surface area contributed by atoms with Crippen LogP contribution in [0.2, 0.25) is 25.7 Å². The van der Waals surface area contributed by atoms with Gasteiger partial charge < -0.3 is 18.9 Å². The van der Waals surface area contributed by atoms with Gasteiger partial charge in [-0.05, 0) is 42.6 Å². The highest BCUT2D eigenvalue weighted by atomic mass is 79.9. The predicted molar refractivity (Wildman–Crippen MR) is 135 cm³/mol. The average molecular weight is 516 g/mol. The van der Waals surface area contributed by atoms with Crippen LogP contribution in [0.1, 0.15) is 12.8 Å². The van der Waals surface area contributed by atoms with Gasteiger partial charge in [0.2, 0.25) is 0 Å². The third-order valence-corrected chi connectivity index (χ3v) is 8.74. The van der Waals surface area contributed by atoms with Gasteiger partial charge in [-0.15, -0.1) is 0 Å². The number of benzene rings is 1. The summed E-state index contributed by atoms with van der Waals surface area (Å²) < 4.78 is 15.3. The third kappa shape index (κ3) is 4.38. The van der Waals surface area contributed by atoms with Crippen LogP contribution in [0.3, 0.4) is 0 Å². The molecule has 3 aromatic rings. The quantitative estimate of drug-likeness (QED) is 0.306. The van der Waals surface area contributed by atoms with E-state index in [-0.39, 0.29) is 0 Å². The molecule has 0 unspecified atom stereocenters. The zero-order valence-corrected chi connectivity index (χ0v) is 21.6. The molecule has 0 spiro atoms. The molecule has 2 saturated heterocycles. The summed E-state index contributed by atoms with van der Waals surface area (Å²) >= 11 is 3.56. The van der Waals surface area contributed by atoms with Crippen LogP contribution < -0.4 is 4.90 Å². The fraction of sp³-hybridized carbons (Fsp3) is 0.500. The summed E-state index contributed by atoms with van der Waals surface area (Å²) in [7, 11) is -1.14. The van der Waals surface area contributed by atoms with Crippen molar-refractivity contribution in [3.05, 3.63) is 41.1 Å². The van der Waals surface area contributed by atoms with Gasteiger partial charge in [-0.25, -0.2) is 9.97 Å². The molecule has 0 saturated carbocycles. The van der Waals surface area contributed by atoms with Crippen molar-refractivity contribution in [2.45, 2.75) is 57.3 Å². The smallest absolute Gasteiger partial charge is 0.147 e. The summed E-state index contributed by atoms with van der Waals surface area (Å²) in [5.41, 5.74) is 3.20. The van der Waals surface area contributed by atoms with Gasteiger partial charge >= 0.3 is 0 Å². The fourth-order valence-corrected chi connectivity index (χ4v) is 5.78. The number of rotatable bonds is 7. The van der Waals surface area contributed by atoms with Gasteiger partial charge in [0.15, 0.2) is 0 Å². The normalized spacial score (nSPS) is 20.9. The number of hydrogen-bond donors (Lipinski definition) is 0. The van der Waals surface area contributed by atoms with Crippen LogP contribution in [0.15, 0.2) is 41.1 Å². The fourth-order valence-electron chi connectivity index (χ4n) is 4.76. The second-order valence-corrected chi connectivity index (χ2v) is 16.6. The van der Waals surface area contributed by atoms with Gasteiger partial charge in [0.1, 0.15) is 24.5 Å². The van der Waals surface area contributed by atoms with E-state index in [9.17, 15) is 0 Å². The second kappa shape index (κ2) is 8.89. The first-order valence-electron chi connectivity index (χ1n) is 11.4. The molecule has 2 aromatic heterocycles. The third-order valence-electron chi connectivity index (χ3n) is 6.51. The number of ether oxygens (including phenoxy) is 2. The Morgan fingerprint density at radius 3 is 2.50 bits per heavy atom. The molecular weight excluding hydrogens is 484 g/mol. The molecule has 2 aliphatic rings. The molecule has 2 aliphatic heterocycles. The van der Waals surface area contributed by atoms with Crippen molar-refractivity contribution in [3.63, 3.8) is 0 Å². The first-order chi connectivity index (χ1) is 15.4. The number of nitrogens with zero attached hydrogens (tertiary/aromatic N) is 4. The molecule has 2 fully saturated rings. The van der Waals surface area contributed by atoms with E-state index in [0.29, 0.717) is 18.8 Å². The SMILES string of the molecule is C[Si](C)(C)CCOCn1c(-c2ccc(Br)cc2)cc2c(N3[C@@H]4CC[C@H]3COC4)ncnc21. The first-order valence-corrected chi connectivity index (χ1v) is 15.9. The van der Waals surface area contributed by atoms with Crippen LogP contribution in [0.4, 0.5) is 5.82 Å². The number of hydrogen-bond acceptors (Lipinski definition) is 5. The topological polar surface area (TPSA) is 52.4 Å². The van der Waals surface area contributed by atoms with E-state index >= 15 is 0 Å². The summed E-state index contributed by atoms with van der Waals surface area (Å²) in [5, 5.41) is 1.10. The molecule has 0 aliphatic carbocycles. The van der Waals surface area contributed by atoms with E-state index < -0.39 is 8.07 Å². The number of anilines is 1. The summed E-state index contributed by atoms with van der Waals surface area (Å²) in [6.45, 7) is 9.97. The zero-order chi connectivity index (χ0) is 22.3. The van der Waals surface area contributed by atoms with Crippen molar-refractivity contribution >= 4 is 40.9 Å². The molecule has 1 aromatic carbocycles. The van der Waals surface area contributed by atoms with Gasteiger partial charge in [0, 0.05) is 19.2 Å². The predicted octanol–water partition coefficient (Wildman–Crippen LogP) is 5.54. The Balaban J connectivity index is 1.55. The molecule has 2 atom stereocenters. The van der Waals surface area contributed by atoms with E-state index in [1.54, 1.807) is 6.33 Å². The molecule has 2 bridgehead atoms. The Labute approximate surface area is 199 Å². The Kier molecular flexibility index (Phi) is 6.13. The van der Waals surface area contributed by atoms with Crippen molar-refractivity contribution in [2.24, 2.45) is 0 Å². The number of halogens is 1. The highest BCUT2D eigenvalue weighted by Gasteiger charge is 2.39. The van der Waals surface area contributed by atoms with E-state index in [1.165, 1.54) is 0 Å². The monoisotopic (exact) mass is 514 g/mol. The Hall–Kier alpha value is -1.74. The molecule has 170 valence electrons. The van der Waals surface area contributed by atoms with E-state index in [0.717, 1.165) is 71.3 Å².